The van der Waals surface area contributed by atoms with Crippen LogP contribution in [0, 0.1) is 5.41 Å². The lowest BCUT2D eigenvalue weighted by atomic mass is 9.82. The van der Waals surface area contributed by atoms with Gasteiger partial charge in [-0.3, -0.25) is 4.79 Å². The molecule has 0 fully saturated rings. The van der Waals surface area contributed by atoms with Crippen molar-refractivity contribution >= 4 is 46.6 Å². The molecule has 1 aliphatic rings. The van der Waals surface area contributed by atoms with Crippen molar-refractivity contribution in [3.05, 3.63) is 64.1 Å². The van der Waals surface area contributed by atoms with E-state index in [0.717, 1.165) is 0 Å². The lowest BCUT2D eigenvalue weighted by Gasteiger charge is -2.23. The van der Waals surface area contributed by atoms with Crippen LogP contribution in [-0.4, -0.2) is 36.4 Å². The van der Waals surface area contributed by atoms with Crippen molar-refractivity contribution in [2.45, 2.75) is 6.92 Å². The highest BCUT2D eigenvalue weighted by Crippen LogP contribution is 2.33. The average molecular weight is 406 g/mol. The van der Waals surface area contributed by atoms with Gasteiger partial charge in [-0.05, 0) is 42.8 Å². The zero-order valence-corrected chi connectivity index (χ0v) is 16.2. The molecule has 0 aliphatic carbocycles. The fourth-order valence-corrected chi connectivity index (χ4v) is 3.20. The van der Waals surface area contributed by atoms with E-state index in [0.29, 0.717) is 27.0 Å². The van der Waals surface area contributed by atoms with E-state index in [4.69, 9.17) is 27.9 Å². The van der Waals surface area contributed by atoms with E-state index >= 15 is 0 Å². The Morgan fingerprint density at radius 1 is 1.15 bits per heavy atom. The summed E-state index contributed by atoms with van der Waals surface area (Å²) in [4.78, 5) is 25.1. The molecule has 140 valence electrons. The van der Waals surface area contributed by atoms with Crippen LogP contribution in [0.25, 0.3) is 0 Å². The molecular formula is C19H17Cl2N3O3. The SMILES string of the molecule is COC(=O)C1(C)CN(C(=O)Nc2cccc(Cl)c2)N=C1c1ccc(Cl)cc1. The van der Waals surface area contributed by atoms with Crippen molar-refractivity contribution in [1.29, 1.82) is 0 Å². The van der Waals surface area contributed by atoms with Gasteiger partial charge in [-0.1, -0.05) is 41.4 Å². The van der Waals surface area contributed by atoms with Gasteiger partial charge in [0.2, 0.25) is 0 Å². The summed E-state index contributed by atoms with van der Waals surface area (Å²) in [5, 5.41) is 9.38. The Morgan fingerprint density at radius 3 is 2.48 bits per heavy atom. The number of hydrogen-bond donors (Lipinski definition) is 1. The fourth-order valence-electron chi connectivity index (χ4n) is 2.88. The third-order valence-electron chi connectivity index (χ3n) is 4.27. The Kier molecular flexibility index (Phi) is 5.39. The molecule has 1 aliphatic heterocycles. The van der Waals surface area contributed by atoms with Crippen LogP contribution in [0.2, 0.25) is 10.0 Å². The summed E-state index contributed by atoms with van der Waals surface area (Å²) in [5.74, 6) is -0.478. The minimum Gasteiger partial charge on any atom is -0.468 e. The van der Waals surface area contributed by atoms with E-state index in [2.05, 4.69) is 10.4 Å². The second kappa shape index (κ2) is 7.58. The molecule has 1 atom stereocenters. The molecule has 1 unspecified atom stereocenters. The Hall–Kier alpha value is -2.57. The van der Waals surface area contributed by atoms with Crippen molar-refractivity contribution in [3.63, 3.8) is 0 Å². The molecule has 1 heterocycles. The lowest BCUT2D eigenvalue weighted by Crippen LogP contribution is -2.42. The largest absolute Gasteiger partial charge is 0.468 e. The number of carbonyl (C=O) groups is 2. The number of benzene rings is 2. The smallest absolute Gasteiger partial charge is 0.342 e. The lowest BCUT2D eigenvalue weighted by molar-refractivity contribution is -0.147. The first-order valence-corrected chi connectivity index (χ1v) is 8.86. The first-order chi connectivity index (χ1) is 12.8. The highest BCUT2D eigenvalue weighted by atomic mass is 35.5. The van der Waals surface area contributed by atoms with E-state index < -0.39 is 17.4 Å². The molecule has 3 rings (SSSR count). The van der Waals surface area contributed by atoms with Crippen LogP contribution in [0.15, 0.2) is 53.6 Å². The number of nitrogens with zero attached hydrogens (tertiary/aromatic N) is 2. The Morgan fingerprint density at radius 2 is 1.85 bits per heavy atom. The zero-order chi connectivity index (χ0) is 19.6. The van der Waals surface area contributed by atoms with Gasteiger partial charge in [-0.2, -0.15) is 5.10 Å². The van der Waals surface area contributed by atoms with Crippen LogP contribution < -0.4 is 5.32 Å². The summed E-state index contributed by atoms with van der Waals surface area (Å²) in [5.41, 5.74) is 0.550. The van der Waals surface area contributed by atoms with Gasteiger partial charge in [-0.25, -0.2) is 9.80 Å². The number of hydrogen-bond acceptors (Lipinski definition) is 4. The second-order valence-corrected chi connectivity index (χ2v) is 7.15. The molecule has 2 amide bonds. The Balaban J connectivity index is 1.91. The molecule has 8 heteroatoms. The maximum Gasteiger partial charge on any atom is 0.342 e. The van der Waals surface area contributed by atoms with Gasteiger partial charge >= 0.3 is 12.0 Å². The van der Waals surface area contributed by atoms with Gasteiger partial charge in [-0.15, -0.1) is 0 Å². The maximum absolute atomic E-state index is 12.6. The third kappa shape index (κ3) is 3.91. The average Bonchev–Trinajstić information content (AvgIpc) is 3.01. The highest BCUT2D eigenvalue weighted by Gasteiger charge is 2.48. The van der Waals surface area contributed by atoms with Gasteiger partial charge in [0.15, 0.2) is 0 Å². The first-order valence-electron chi connectivity index (χ1n) is 8.11. The number of esters is 1. The molecule has 0 spiro atoms. The third-order valence-corrected chi connectivity index (χ3v) is 4.76. The van der Waals surface area contributed by atoms with Gasteiger partial charge in [0.25, 0.3) is 0 Å². The molecule has 1 N–H and O–H groups in total. The molecule has 27 heavy (non-hydrogen) atoms. The number of amides is 2. The van der Waals surface area contributed by atoms with Gasteiger partial charge < -0.3 is 10.1 Å². The van der Waals surface area contributed by atoms with Crippen LogP contribution in [0.5, 0.6) is 0 Å². The van der Waals surface area contributed by atoms with Crippen molar-refractivity contribution in [3.8, 4) is 0 Å². The van der Waals surface area contributed by atoms with Gasteiger partial charge in [0.1, 0.15) is 5.41 Å². The van der Waals surface area contributed by atoms with Crippen molar-refractivity contribution in [2.75, 3.05) is 19.0 Å². The topological polar surface area (TPSA) is 71.0 Å². The standard InChI is InChI=1S/C19H17Cl2N3O3/c1-19(17(25)27-2)11-24(18(26)22-15-5-3-4-14(21)10-15)23-16(19)12-6-8-13(20)9-7-12/h3-10H,11H2,1-2H3,(H,22,26). The molecule has 0 radical (unpaired) electrons. The molecule has 0 saturated heterocycles. The minimum absolute atomic E-state index is 0.0457. The van der Waals surface area contributed by atoms with Crippen molar-refractivity contribution in [2.24, 2.45) is 10.5 Å². The summed E-state index contributed by atoms with van der Waals surface area (Å²) < 4.78 is 4.95. The Bertz CT molecular complexity index is 915. The molecule has 2 aromatic rings. The fraction of sp³-hybridized carbons (Fsp3) is 0.211. The number of halogens is 2. The van der Waals surface area contributed by atoms with E-state index in [9.17, 15) is 9.59 Å². The number of rotatable bonds is 3. The summed E-state index contributed by atoms with van der Waals surface area (Å²) in [7, 11) is 1.31. The predicted octanol–water partition coefficient (Wildman–Crippen LogP) is 4.42. The van der Waals surface area contributed by atoms with Crippen molar-refractivity contribution < 1.29 is 14.3 Å². The summed E-state index contributed by atoms with van der Waals surface area (Å²) in [6.07, 6.45) is 0. The highest BCUT2D eigenvalue weighted by molar-refractivity contribution is 6.31. The van der Waals surface area contributed by atoms with Crippen LogP contribution in [0.3, 0.4) is 0 Å². The monoisotopic (exact) mass is 405 g/mol. The van der Waals surface area contributed by atoms with Crippen molar-refractivity contribution in [1.82, 2.24) is 5.01 Å². The molecule has 0 aromatic heterocycles. The molecule has 2 aromatic carbocycles. The normalized spacial score (nSPS) is 18.8. The first kappa shape index (κ1) is 19.2. The Labute approximate surface area is 166 Å². The minimum atomic E-state index is -1.10. The van der Waals surface area contributed by atoms with Gasteiger partial charge in [0.05, 0.1) is 19.4 Å². The molecular weight excluding hydrogens is 389 g/mol. The molecule has 0 saturated carbocycles. The number of urea groups is 1. The van der Waals surface area contributed by atoms with Gasteiger partial charge in [0, 0.05) is 15.7 Å². The quantitative estimate of drug-likeness (QED) is 0.767. The number of anilines is 1. The number of methoxy groups -OCH3 is 1. The maximum atomic E-state index is 12.6. The number of ether oxygens (including phenoxy) is 1. The van der Waals surface area contributed by atoms with E-state index in [-0.39, 0.29) is 6.54 Å². The summed E-state index contributed by atoms with van der Waals surface area (Å²) >= 11 is 11.9. The summed E-state index contributed by atoms with van der Waals surface area (Å²) in [6.45, 7) is 1.74. The number of hydrazone groups is 1. The second-order valence-electron chi connectivity index (χ2n) is 6.28. The zero-order valence-electron chi connectivity index (χ0n) is 14.7. The van der Waals surface area contributed by atoms with E-state index in [1.807, 2.05) is 0 Å². The molecule has 0 bridgehead atoms. The predicted molar refractivity (Wildman–Crippen MR) is 105 cm³/mol. The van der Waals surface area contributed by atoms with E-state index in [1.165, 1.54) is 12.1 Å². The van der Waals surface area contributed by atoms with Crippen LogP contribution in [0.4, 0.5) is 10.5 Å². The van der Waals surface area contributed by atoms with Crippen LogP contribution in [-0.2, 0) is 9.53 Å². The molecule has 6 nitrogen and oxygen atoms in total. The summed E-state index contributed by atoms with van der Waals surface area (Å²) in [6, 6.07) is 13.2. The van der Waals surface area contributed by atoms with E-state index in [1.54, 1.807) is 55.5 Å². The van der Waals surface area contributed by atoms with Crippen LogP contribution >= 0.6 is 23.2 Å². The van der Waals surface area contributed by atoms with Crippen LogP contribution in [0.1, 0.15) is 12.5 Å². The number of nitrogens with one attached hydrogen (secondary N) is 1. The number of carbonyl (C=O) groups excluding carboxylic acids is 2.